The molecule has 0 radical (unpaired) electrons. The lowest BCUT2D eigenvalue weighted by atomic mass is 10.2. The molecular formula is C19H29IN6O. The van der Waals surface area contributed by atoms with Crippen LogP contribution in [0.2, 0.25) is 0 Å². The highest BCUT2D eigenvalue weighted by Gasteiger charge is 2.14. The van der Waals surface area contributed by atoms with Gasteiger partial charge in [0.1, 0.15) is 24.7 Å². The van der Waals surface area contributed by atoms with Crippen molar-refractivity contribution in [1.29, 1.82) is 0 Å². The molecular weight excluding hydrogens is 455 g/mol. The van der Waals surface area contributed by atoms with Crippen LogP contribution in [0.3, 0.4) is 0 Å². The van der Waals surface area contributed by atoms with Gasteiger partial charge in [0, 0.05) is 19.5 Å². The van der Waals surface area contributed by atoms with E-state index >= 15 is 0 Å². The van der Waals surface area contributed by atoms with Crippen molar-refractivity contribution < 1.29 is 4.74 Å². The second-order valence-corrected chi connectivity index (χ2v) is 6.28. The van der Waals surface area contributed by atoms with Gasteiger partial charge < -0.3 is 19.9 Å². The summed E-state index contributed by atoms with van der Waals surface area (Å²) in [6, 6.07) is 9.82. The van der Waals surface area contributed by atoms with Crippen LogP contribution in [0.25, 0.3) is 0 Å². The van der Waals surface area contributed by atoms with Crippen molar-refractivity contribution >= 4 is 29.9 Å². The van der Waals surface area contributed by atoms with Crippen LogP contribution < -0.4 is 15.4 Å². The van der Waals surface area contributed by atoms with Crippen LogP contribution in [0, 0.1) is 0 Å². The van der Waals surface area contributed by atoms with Crippen molar-refractivity contribution in [2.24, 2.45) is 4.99 Å². The Morgan fingerprint density at radius 3 is 2.81 bits per heavy atom. The number of nitrogens with zero attached hydrogens (tertiary/aromatic N) is 4. The number of para-hydroxylation sites is 1. The highest BCUT2D eigenvalue weighted by Crippen LogP contribution is 2.14. The highest BCUT2D eigenvalue weighted by atomic mass is 127. The molecule has 3 rings (SSSR count). The zero-order valence-corrected chi connectivity index (χ0v) is 18.2. The zero-order chi connectivity index (χ0) is 18.0. The zero-order valence-electron chi connectivity index (χ0n) is 15.9. The van der Waals surface area contributed by atoms with Crippen molar-refractivity contribution in [3.05, 3.63) is 42.0 Å². The normalized spacial score (nSPS) is 13.9. The molecule has 0 spiro atoms. The second kappa shape index (κ2) is 11.8. The lowest BCUT2D eigenvalue weighted by molar-refractivity contribution is 0.322. The van der Waals surface area contributed by atoms with Crippen LogP contribution in [0.1, 0.15) is 37.8 Å². The molecule has 2 heterocycles. The van der Waals surface area contributed by atoms with Gasteiger partial charge in [0.05, 0.1) is 6.54 Å². The molecule has 27 heavy (non-hydrogen) atoms. The summed E-state index contributed by atoms with van der Waals surface area (Å²) in [5, 5.41) is 15.2. The summed E-state index contributed by atoms with van der Waals surface area (Å²) in [6.07, 6.45) is 4.67. The summed E-state index contributed by atoms with van der Waals surface area (Å²) >= 11 is 0. The SMILES string of the molecule is CCNC(=NCc1nnc2n1CCCCC2)NCCOc1ccccc1.I. The van der Waals surface area contributed by atoms with Crippen LogP contribution in [-0.4, -0.2) is 40.4 Å². The summed E-state index contributed by atoms with van der Waals surface area (Å²) in [5.74, 6) is 3.69. The van der Waals surface area contributed by atoms with Gasteiger partial charge in [0.2, 0.25) is 0 Å². The van der Waals surface area contributed by atoms with E-state index in [4.69, 9.17) is 4.74 Å². The van der Waals surface area contributed by atoms with Gasteiger partial charge in [-0.3, -0.25) is 0 Å². The van der Waals surface area contributed by atoms with Crippen molar-refractivity contribution in [1.82, 2.24) is 25.4 Å². The van der Waals surface area contributed by atoms with Gasteiger partial charge in [-0.25, -0.2) is 4.99 Å². The maximum atomic E-state index is 5.70. The Kier molecular flexibility index (Phi) is 9.37. The topological polar surface area (TPSA) is 76.4 Å². The molecule has 0 saturated carbocycles. The highest BCUT2D eigenvalue weighted by molar-refractivity contribution is 14.0. The number of hydrogen-bond acceptors (Lipinski definition) is 4. The molecule has 148 valence electrons. The van der Waals surface area contributed by atoms with E-state index in [9.17, 15) is 0 Å². The van der Waals surface area contributed by atoms with Gasteiger partial charge in [-0.1, -0.05) is 24.6 Å². The van der Waals surface area contributed by atoms with E-state index in [-0.39, 0.29) is 24.0 Å². The molecule has 0 saturated heterocycles. The third-order valence-electron chi connectivity index (χ3n) is 4.32. The largest absolute Gasteiger partial charge is 0.492 e. The summed E-state index contributed by atoms with van der Waals surface area (Å²) in [5.41, 5.74) is 0. The maximum Gasteiger partial charge on any atom is 0.191 e. The van der Waals surface area contributed by atoms with Gasteiger partial charge in [0.15, 0.2) is 11.8 Å². The number of ether oxygens (including phenoxy) is 1. The van der Waals surface area contributed by atoms with Crippen LogP contribution in [0.5, 0.6) is 5.75 Å². The molecule has 0 amide bonds. The van der Waals surface area contributed by atoms with Crippen molar-refractivity contribution in [3.63, 3.8) is 0 Å². The molecule has 1 aliphatic rings. The number of benzene rings is 1. The van der Waals surface area contributed by atoms with E-state index < -0.39 is 0 Å². The lowest BCUT2D eigenvalue weighted by Crippen LogP contribution is -2.39. The average molecular weight is 484 g/mol. The molecule has 2 aromatic rings. The molecule has 0 atom stereocenters. The van der Waals surface area contributed by atoms with Gasteiger partial charge in [-0.2, -0.15) is 0 Å². The lowest BCUT2D eigenvalue weighted by Gasteiger charge is -2.12. The fourth-order valence-corrected chi connectivity index (χ4v) is 3.01. The smallest absolute Gasteiger partial charge is 0.191 e. The van der Waals surface area contributed by atoms with E-state index in [1.54, 1.807) is 0 Å². The van der Waals surface area contributed by atoms with E-state index in [0.717, 1.165) is 42.9 Å². The molecule has 2 N–H and O–H groups in total. The Bertz CT molecular complexity index is 703. The first-order valence-electron chi connectivity index (χ1n) is 9.48. The fraction of sp³-hybridized carbons (Fsp3) is 0.526. The Labute approximate surface area is 178 Å². The molecule has 0 aliphatic carbocycles. The number of halogens is 1. The average Bonchev–Trinajstić information content (AvgIpc) is 2.90. The molecule has 1 aliphatic heterocycles. The third-order valence-corrected chi connectivity index (χ3v) is 4.32. The first kappa shape index (κ1) is 21.5. The number of guanidine groups is 1. The molecule has 0 fully saturated rings. The third kappa shape index (κ3) is 6.67. The standard InChI is InChI=1S/C19H28N6O.HI/c1-2-20-19(21-12-14-26-16-9-5-3-6-10-16)22-15-18-24-23-17-11-7-4-8-13-25(17)18;/h3,5-6,9-10H,2,4,7-8,11-15H2,1H3,(H2,20,21,22);1H. The molecule has 8 heteroatoms. The van der Waals surface area contributed by atoms with Crippen molar-refractivity contribution in [2.75, 3.05) is 19.7 Å². The summed E-state index contributed by atoms with van der Waals surface area (Å²) in [7, 11) is 0. The van der Waals surface area contributed by atoms with Crippen LogP contribution in [0.4, 0.5) is 0 Å². The molecule has 0 unspecified atom stereocenters. The number of nitrogens with one attached hydrogen (secondary N) is 2. The maximum absolute atomic E-state index is 5.70. The van der Waals surface area contributed by atoms with E-state index in [1.165, 1.54) is 19.3 Å². The van der Waals surface area contributed by atoms with Gasteiger partial charge in [-0.05, 0) is 31.9 Å². The van der Waals surface area contributed by atoms with Crippen LogP contribution in [-0.2, 0) is 19.5 Å². The van der Waals surface area contributed by atoms with Gasteiger partial charge in [0.25, 0.3) is 0 Å². The Morgan fingerprint density at radius 2 is 2.00 bits per heavy atom. The van der Waals surface area contributed by atoms with E-state index in [0.29, 0.717) is 19.7 Å². The predicted octanol–water partition coefficient (Wildman–Crippen LogP) is 2.76. The Hall–Kier alpha value is -1.84. The number of aromatic nitrogens is 3. The minimum Gasteiger partial charge on any atom is -0.492 e. The van der Waals surface area contributed by atoms with Crippen LogP contribution >= 0.6 is 24.0 Å². The quantitative estimate of drug-likeness (QED) is 0.274. The van der Waals surface area contributed by atoms with Crippen molar-refractivity contribution in [2.45, 2.75) is 45.7 Å². The minimum atomic E-state index is 0. The first-order chi connectivity index (χ1) is 12.9. The van der Waals surface area contributed by atoms with Crippen molar-refractivity contribution in [3.8, 4) is 5.75 Å². The van der Waals surface area contributed by atoms with E-state index in [1.807, 2.05) is 30.3 Å². The van der Waals surface area contributed by atoms with Crippen LogP contribution in [0.15, 0.2) is 35.3 Å². The van der Waals surface area contributed by atoms with Gasteiger partial charge >= 0.3 is 0 Å². The Balaban J connectivity index is 0.00000261. The minimum absolute atomic E-state index is 0. The molecule has 0 bridgehead atoms. The fourth-order valence-electron chi connectivity index (χ4n) is 3.01. The monoisotopic (exact) mass is 484 g/mol. The summed E-state index contributed by atoms with van der Waals surface area (Å²) in [4.78, 5) is 4.65. The summed E-state index contributed by atoms with van der Waals surface area (Å²) < 4.78 is 7.94. The number of aliphatic imine (C=N–C) groups is 1. The van der Waals surface area contributed by atoms with E-state index in [2.05, 4.69) is 37.3 Å². The number of aryl methyl sites for hydroxylation is 1. The summed E-state index contributed by atoms with van der Waals surface area (Å²) in [6.45, 7) is 5.65. The number of rotatable bonds is 7. The number of fused-ring (bicyclic) bond motifs is 1. The first-order valence-corrected chi connectivity index (χ1v) is 9.48. The van der Waals surface area contributed by atoms with Gasteiger partial charge in [-0.15, -0.1) is 34.2 Å². The Morgan fingerprint density at radius 1 is 1.15 bits per heavy atom. The number of hydrogen-bond donors (Lipinski definition) is 2. The second-order valence-electron chi connectivity index (χ2n) is 6.28. The predicted molar refractivity (Wildman–Crippen MR) is 118 cm³/mol. The molecule has 1 aromatic carbocycles. The molecule has 1 aromatic heterocycles. The molecule has 7 nitrogen and oxygen atoms in total.